The highest BCUT2D eigenvalue weighted by Crippen LogP contribution is 2.25. The molecule has 0 fully saturated rings. The van der Waals surface area contributed by atoms with Gasteiger partial charge in [-0.1, -0.05) is 24.3 Å². The number of carbonyl (C=O) groups excluding carboxylic acids is 1. The van der Waals surface area contributed by atoms with E-state index in [0.29, 0.717) is 0 Å². The van der Waals surface area contributed by atoms with E-state index in [2.05, 4.69) is 42.3 Å². The fraction of sp³-hybridized carbons (Fsp3) is 0.588. The fourth-order valence-corrected chi connectivity index (χ4v) is 3.20. The molecule has 4 heteroatoms. The van der Waals surface area contributed by atoms with Gasteiger partial charge in [-0.15, -0.1) is 0 Å². The first kappa shape index (κ1) is 16.0. The molecule has 116 valence electrons. The van der Waals surface area contributed by atoms with Crippen LogP contribution in [-0.2, 0) is 11.2 Å². The largest absolute Gasteiger partial charge is 0.337 e. The number of hydrogen-bond acceptors (Lipinski definition) is 3. The zero-order chi connectivity index (χ0) is 15.4. The third-order valence-electron chi connectivity index (χ3n) is 4.14. The summed E-state index contributed by atoms with van der Waals surface area (Å²) in [5.74, 6) is 0.194. The highest BCUT2D eigenvalue weighted by Gasteiger charge is 2.31. The van der Waals surface area contributed by atoms with E-state index in [0.717, 1.165) is 31.6 Å². The van der Waals surface area contributed by atoms with Crippen LogP contribution in [0.4, 0.5) is 0 Å². The Bertz CT molecular complexity index is 487. The average Bonchev–Trinajstić information content (AvgIpc) is 2.46. The monoisotopic (exact) mass is 289 g/mol. The van der Waals surface area contributed by atoms with E-state index in [9.17, 15) is 4.79 Å². The van der Waals surface area contributed by atoms with Crippen molar-refractivity contribution in [2.75, 3.05) is 33.7 Å². The van der Waals surface area contributed by atoms with E-state index in [4.69, 9.17) is 0 Å². The van der Waals surface area contributed by atoms with Crippen LogP contribution >= 0.6 is 0 Å². The highest BCUT2D eigenvalue weighted by atomic mass is 16.2. The SMILES string of the molecule is CCN(C(=O)C1NCCc2ccccc21)C(C)CN(C)C. The number of benzene rings is 1. The molecule has 0 saturated carbocycles. The van der Waals surface area contributed by atoms with Crippen LogP contribution in [0.15, 0.2) is 24.3 Å². The van der Waals surface area contributed by atoms with Crippen molar-refractivity contribution in [3.05, 3.63) is 35.4 Å². The smallest absolute Gasteiger partial charge is 0.244 e. The normalized spacial score (nSPS) is 19.2. The predicted octanol–water partition coefficient (Wildman–Crippen LogP) is 1.67. The van der Waals surface area contributed by atoms with Gasteiger partial charge in [0.2, 0.25) is 5.91 Å². The van der Waals surface area contributed by atoms with Crippen molar-refractivity contribution in [3.63, 3.8) is 0 Å². The first-order valence-corrected chi connectivity index (χ1v) is 7.81. The van der Waals surface area contributed by atoms with Gasteiger partial charge in [-0.05, 0) is 45.5 Å². The standard InChI is InChI=1S/C17H27N3O/c1-5-20(13(2)12-19(3)4)17(21)16-15-9-7-6-8-14(15)10-11-18-16/h6-9,13,16,18H,5,10-12H2,1-4H3. The Labute approximate surface area is 128 Å². The lowest BCUT2D eigenvalue weighted by molar-refractivity contribution is -0.135. The molecule has 0 aliphatic carbocycles. The molecular weight excluding hydrogens is 262 g/mol. The molecule has 4 nitrogen and oxygen atoms in total. The summed E-state index contributed by atoms with van der Waals surface area (Å²) in [7, 11) is 4.09. The summed E-state index contributed by atoms with van der Waals surface area (Å²) in [6.07, 6.45) is 0.999. The van der Waals surface area contributed by atoms with Crippen LogP contribution in [0.25, 0.3) is 0 Å². The number of nitrogens with zero attached hydrogens (tertiary/aromatic N) is 2. The number of amides is 1. The molecule has 0 spiro atoms. The van der Waals surface area contributed by atoms with Gasteiger partial charge in [0.15, 0.2) is 0 Å². The number of hydrogen-bond donors (Lipinski definition) is 1. The van der Waals surface area contributed by atoms with Crippen molar-refractivity contribution >= 4 is 5.91 Å². The van der Waals surface area contributed by atoms with Crippen LogP contribution in [0.5, 0.6) is 0 Å². The minimum absolute atomic E-state index is 0.194. The molecule has 0 saturated heterocycles. The predicted molar refractivity (Wildman–Crippen MR) is 86.3 cm³/mol. The summed E-state index contributed by atoms with van der Waals surface area (Å²) >= 11 is 0. The van der Waals surface area contributed by atoms with Crippen molar-refractivity contribution in [2.24, 2.45) is 0 Å². The number of nitrogens with one attached hydrogen (secondary N) is 1. The van der Waals surface area contributed by atoms with E-state index in [-0.39, 0.29) is 18.0 Å². The van der Waals surface area contributed by atoms with Crippen LogP contribution in [0.1, 0.15) is 31.0 Å². The second-order valence-electron chi connectivity index (χ2n) is 6.07. The molecule has 2 rings (SSSR count). The molecule has 0 bridgehead atoms. The molecular formula is C17H27N3O. The van der Waals surface area contributed by atoms with Crippen molar-refractivity contribution in [1.82, 2.24) is 15.1 Å². The van der Waals surface area contributed by atoms with E-state index >= 15 is 0 Å². The quantitative estimate of drug-likeness (QED) is 0.896. The number of likely N-dealkylation sites (N-methyl/N-ethyl adjacent to an activating group) is 2. The number of carbonyl (C=O) groups is 1. The number of fused-ring (bicyclic) bond motifs is 1. The molecule has 0 radical (unpaired) electrons. The summed E-state index contributed by atoms with van der Waals surface area (Å²) in [5.41, 5.74) is 2.44. The lowest BCUT2D eigenvalue weighted by atomic mass is 9.93. The van der Waals surface area contributed by atoms with Gasteiger partial charge in [-0.25, -0.2) is 0 Å². The second-order valence-corrected chi connectivity index (χ2v) is 6.07. The maximum Gasteiger partial charge on any atom is 0.244 e. The van der Waals surface area contributed by atoms with Gasteiger partial charge >= 0.3 is 0 Å². The third kappa shape index (κ3) is 3.63. The maximum absolute atomic E-state index is 13.0. The summed E-state index contributed by atoms with van der Waals surface area (Å²) in [5, 5.41) is 3.39. The number of rotatable bonds is 5. The molecule has 1 heterocycles. The Kier molecular flexibility index (Phi) is 5.37. The van der Waals surface area contributed by atoms with Crippen molar-refractivity contribution in [3.8, 4) is 0 Å². The van der Waals surface area contributed by atoms with E-state index in [1.165, 1.54) is 5.56 Å². The molecule has 0 aromatic heterocycles. The second kappa shape index (κ2) is 7.05. The van der Waals surface area contributed by atoms with Crippen LogP contribution in [0, 0.1) is 0 Å². The highest BCUT2D eigenvalue weighted by molar-refractivity contribution is 5.84. The molecule has 1 aliphatic heterocycles. The van der Waals surface area contributed by atoms with Crippen LogP contribution in [0.3, 0.4) is 0 Å². The van der Waals surface area contributed by atoms with Crippen molar-refractivity contribution in [2.45, 2.75) is 32.4 Å². The topological polar surface area (TPSA) is 35.6 Å². The van der Waals surface area contributed by atoms with Gasteiger partial charge in [0.1, 0.15) is 6.04 Å². The molecule has 1 aromatic rings. The Hall–Kier alpha value is -1.39. The van der Waals surface area contributed by atoms with Gasteiger partial charge in [0, 0.05) is 25.7 Å². The Morgan fingerprint density at radius 2 is 2.10 bits per heavy atom. The molecule has 21 heavy (non-hydrogen) atoms. The first-order chi connectivity index (χ1) is 10.0. The lowest BCUT2D eigenvalue weighted by Gasteiger charge is -2.35. The lowest BCUT2D eigenvalue weighted by Crippen LogP contribution is -2.49. The van der Waals surface area contributed by atoms with Gasteiger partial charge in [-0.3, -0.25) is 4.79 Å². The van der Waals surface area contributed by atoms with E-state index in [1.54, 1.807) is 0 Å². The Morgan fingerprint density at radius 1 is 1.38 bits per heavy atom. The van der Waals surface area contributed by atoms with E-state index in [1.807, 2.05) is 25.1 Å². The van der Waals surface area contributed by atoms with Gasteiger partial charge in [0.25, 0.3) is 0 Å². The Balaban J connectivity index is 2.19. The Morgan fingerprint density at radius 3 is 2.76 bits per heavy atom. The molecule has 1 aromatic carbocycles. The van der Waals surface area contributed by atoms with Gasteiger partial charge < -0.3 is 15.1 Å². The fourth-order valence-electron chi connectivity index (χ4n) is 3.20. The minimum atomic E-state index is -0.195. The van der Waals surface area contributed by atoms with Gasteiger partial charge in [-0.2, -0.15) is 0 Å². The maximum atomic E-state index is 13.0. The van der Waals surface area contributed by atoms with Crippen molar-refractivity contribution in [1.29, 1.82) is 0 Å². The van der Waals surface area contributed by atoms with Crippen LogP contribution in [-0.4, -0.2) is 55.5 Å². The average molecular weight is 289 g/mol. The van der Waals surface area contributed by atoms with Crippen molar-refractivity contribution < 1.29 is 4.79 Å². The zero-order valence-electron chi connectivity index (χ0n) is 13.6. The minimum Gasteiger partial charge on any atom is -0.337 e. The zero-order valence-corrected chi connectivity index (χ0v) is 13.6. The third-order valence-corrected chi connectivity index (χ3v) is 4.14. The van der Waals surface area contributed by atoms with Crippen LogP contribution < -0.4 is 5.32 Å². The molecule has 2 atom stereocenters. The summed E-state index contributed by atoms with van der Waals surface area (Å²) in [4.78, 5) is 17.1. The molecule has 1 N–H and O–H groups in total. The summed E-state index contributed by atoms with van der Waals surface area (Å²) in [6.45, 7) is 6.67. The summed E-state index contributed by atoms with van der Waals surface area (Å²) in [6, 6.07) is 8.31. The molecule has 2 unspecified atom stereocenters. The van der Waals surface area contributed by atoms with E-state index < -0.39 is 0 Å². The van der Waals surface area contributed by atoms with Crippen LogP contribution in [0.2, 0.25) is 0 Å². The first-order valence-electron chi connectivity index (χ1n) is 7.81. The molecule has 1 aliphatic rings. The summed E-state index contributed by atoms with van der Waals surface area (Å²) < 4.78 is 0. The molecule has 1 amide bonds. The van der Waals surface area contributed by atoms with Gasteiger partial charge in [0.05, 0.1) is 0 Å².